The number of nitrogens with one attached hydrogen (secondary N) is 1. The second-order valence-electron chi connectivity index (χ2n) is 5.17. The predicted octanol–water partition coefficient (Wildman–Crippen LogP) is 3.21. The summed E-state index contributed by atoms with van der Waals surface area (Å²) >= 11 is 0. The first-order valence-electron chi connectivity index (χ1n) is 5.31. The van der Waals surface area contributed by atoms with Crippen LogP contribution in [-0.4, -0.2) is 4.98 Å². The monoisotopic (exact) mass is 202 g/mol. The highest BCUT2D eigenvalue weighted by Crippen LogP contribution is 2.31. The van der Waals surface area contributed by atoms with E-state index < -0.39 is 0 Å². The normalized spacial score (nSPS) is 14.4. The summed E-state index contributed by atoms with van der Waals surface area (Å²) in [7, 11) is 0. The minimum atomic E-state index is 0.0743. The zero-order valence-electron chi connectivity index (χ0n) is 9.54. The number of fused-ring (bicyclic) bond motifs is 1. The van der Waals surface area contributed by atoms with Crippen molar-refractivity contribution in [3.05, 3.63) is 36.0 Å². The Balaban J connectivity index is 2.44. The summed E-state index contributed by atoms with van der Waals surface area (Å²) in [6, 6.07) is 8.52. The van der Waals surface area contributed by atoms with Crippen LogP contribution in [0.3, 0.4) is 0 Å². The third kappa shape index (κ3) is 1.90. The topological polar surface area (TPSA) is 41.8 Å². The molecule has 2 heteroatoms. The van der Waals surface area contributed by atoms with Crippen LogP contribution >= 0.6 is 0 Å². The predicted molar refractivity (Wildman–Crippen MR) is 64.7 cm³/mol. The molecule has 0 fully saturated rings. The van der Waals surface area contributed by atoms with E-state index in [1.165, 1.54) is 10.9 Å². The van der Waals surface area contributed by atoms with Gasteiger partial charge in [0.15, 0.2) is 0 Å². The molecule has 2 rings (SSSR count). The molecule has 1 aromatic carbocycles. The number of H-pyrrole nitrogens is 1. The van der Waals surface area contributed by atoms with Gasteiger partial charge in [0.05, 0.1) is 0 Å². The zero-order valence-corrected chi connectivity index (χ0v) is 9.54. The molecule has 0 bridgehead atoms. The van der Waals surface area contributed by atoms with Crippen molar-refractivity contribution in [3.8, 4) is 0 Å². The van der Waals surface area contributed by atoms with Crippen LogP contribution in [0.25, 0.3) is 10.9 Å². The van der Waals surface area contributed by atoms with Gasteiger partial charge < -0.3 is 10.7 Å². The summed E-state index contributed by atoms with van der Waals surface area (Å²) in [6.45, 7) is 6.49. The fourth-order valence-corrected chi connectivity index (χ4v) is 1.76. The van der Waals surface area contributed by atoms with E-state index in [-0.39, 0.29) is 11.5 Å². The largest absolute Gasteiger partial charge is 0.361 e. The van der Waals surface area contributed by atoms with Crippen LogP contribution in [0.15, 0.2) is 30.5 Å². The van der Waals surface area contributed by atoms with Gasteiger partial charge in [0, 0.05) is 17.8 Å². The quantitative estimate of drug-likeness (QED) is 0.732. The third-order valence-electron chi connectivity index (χ3n) is 2.87. The highest BCUT2D eigenvalue weighted by molar-refractivity contribution is 5.80. The summed E-state index contributed by atoms with van der Waals surface area (Å²) in [6.07, 6.45) is 1.96. The fraction of sp³-hybridized carbons (Fsp3) is 0.385. The van der Waals surface area contributed by atoms with Crippen molar-refractivity contribution in [2.24, 2.45) is 11.1 Å². The van der Waals surface area contributed by atoms with E-state index in [1.807, 2.05) is 6.20 Å². The molecule has 0 radical (unpaired) electrons. The van der Waals surface area contributed by atoms with E-state index in [0.717, 1.165) is 5.52 Å². The second-order valence-corrected chi connectivity index (χ2v) is 5.17. The second kappa shape index (κ2) is 3.38. The molecule has 0 amide bonds. The Hall–Kier alpha value is -1.28. The Morgan fingerprint density at radius 2 is 1.93 bits per heavy atom. The first-order valence-corrected chi connectivity index (χ1v) is 5.31. The van der Waals surface area contributed by atoms with Gasteiger partial charge in [0.2, 0.25) is 0 Å². The van der Waals surface area contributed by atoms with Crippen LogP contribution in [0.1, 0.15) is 32.4 Å². The van der Waals surface area contributed by atoms with Crippen molar-refractivity contribution in [2.75, 3.05) is 0 Å². The molecule has 1 aromatic heterocycles. The van der Waals surface area contributed by atoms with Crippen molar-refractivity contribution in [1.29, 1.82) is 0 Å². The lowest BCUT2D eigenvalue weighted by atomic mass is 9.83. The van der Waals surface area contributed by atoms with Gasteiger partial charge in [-0.1, -0.05) is 32.9 Å². The molecule has 0 aliphatic heterocycles. The zero-order chi connectivity index (χ0) is 11.1. The van der Waals surface area contributed by atoms with Gasteiger partial charge in [0.25, 0.3) is 0 Å². The molecule has 0 spiro atoms. The van der Waals surface area contributed by atoms with Gasteiger partial charge >= 0.3 is 0 Å². The lowest BCUT2D eigenvalue weighted by Gasteiger charge is -2.27. The number of aromatic amines is 1. The maximum atomic E-state index is 6.22. The lowest BCUT2D eigenvalue weighted by molar-refractivity contribution is 0.327. The van der Waals surface area contributed by atoms with E-state index in [0.29, 0.717) is 0 Å². The minimum absolute atomic E-state index is 0.0743. The lowest BCUT2D eigenvalue weighted by Crippen LogP contribution is -2.26. The average molecular weight is 202 g/mol. The van der Waals surface area contributed by atoms with Crippen LogP contribution in [0.4, 0.5) is 0 Å². The van der Waals surface area contributed by atoms with Gasteiger partial charge in [-0.25, -0.2) is 0 Å². The van der Waals surface area contributed by atoms with E-state index >= 15 is 0 Å². The van der Waals surface area contributed by atoms with Gasteiger partial charge in [0.1, 0.15) is 0 Å². The van der Waals surface area contributed by atoms with Gasteiger partial charge in [-0.05, 0) is 28.5 Å². The summed E-state index contributed by atoms with van der Waals surface area (Å²) in [5.41, 5.74) is 8.67. The number of rotatable bonds is 1. The molecule has 2 aromatic rings. The fourth-order valence-electron chi connectivity index (χ4n) is 1.76. The molecule has 2 nitrogen and oxygen atoms in total. The molecule has 0 saturated carbocycles. The van der Waals surface area contributed by atoms with Crippen molar-refractivity contribution >= 4 is 10.9 Å². The van der Waals surface area contributed by atoms with Crippen LogP contribution in [-0.2, 0) is 0 Å². The summed E-state index contributed by atoms with van der Waals surface area (Å²) in [5, 5.41) is 1.24. The molecule has 1 atom stereocenters. The van der Waals surface area contributed by atoms with Gasteiger partial charge in [-0.3, -0.25) is 0 Å². The van der Waals surface area contributed by atoms with E-state index in [1.54, 1.807) is 0 Å². The van der Waals surface area contributed by atoms with Crippen LogP contribution in [0.5, 0.6) is 0 Å². The molecule has 1 heterocycles. The first kappa shape index (κ1) is 10.2. The number of nitrogens with two attached hydrogens (primary N) is 1. The van der Waals surface area contributed by atoms with Crippen molar-refractivity contribution in [2.45, 2.75) is 26.8 Å². The Morgan fingerprint density at radius 1 is 1.20 bits per heavy atom. The first-order chi connectivity index (χ1) is 6.98. The molecule has 15 heavy (non-hydrogen) atoms. The van der Waals surface area contributed by atoms with Crippen molar-refractivity contribution in [3.63, 3.8) is 0 Å². The third-order valence-corrected chi connectivity index (χ3v) is 2.87. The molecular weight excluding hydrogens is 184 g/mol. The standard InChI is InChI=1S/C13H18N2/c1-13(2,3)12(14)10-5-4-9-6-7-15-11(9)8-10/h4-8,12,15H,14H2,1-3H3/t12-/m0/s1. The van der Waals surface area contributed by atoms with Gasteiger partial charge in [-0.15, -0.1) is 0 Å². The maximum Gasteiger partial charge on any atom is 0.0457 e. The molecule has 0 saturated heterocycles. The number of hydrogen-bond acceptors (Lipinski definition) is 1. The van der Waals surface area contributed by atoms with E-state index in [4.69, 9.17) is 5.73 Å². The smallest absolute Gasteiger partial charge is 0.0457 e. The highest BCUT2D eigenvalue weighted by atomic mass is 14.7. The highest BCUT2D eigenvalue weighted by Gasteiger charge is 2.22. The Kier molecular flexibility index (Phi) is 2.31. The minimum Gasteiger partial charge on any atom is -0.361 e. The van der Waals surface area contributed by atoms with Crippen molar-refractivity contribution in [1.82, 2.24) is 4.98 Å². The SMILES string of the molecule is CC(C)(C)[C@@H](N)c1ccc2cc[nH]c2c1. The molecule has 0 aliphatic rings. The Bertz CT molecular complexity index is 463. The molecular formula is C13H18N2. The average Bonchev–Trinajstić information content (AvgIpc) is 2.61. The van der Waals surface area contributed by atoms with E-state index in [9.17, 15) is 0 Å². The maximum absolute atomic E-state index is 6.22. The van der Waals surface area contributed by atoms with E-state index in [2.05, 4.69) is 50.0 Å². The Labute approximate surface area is 90.5 Å². The number of benzene rings is 1. The van der Waals surface area contributed by atoms with Gasteiger partial charge in [-0.2, -0.15) is 0 Å². The van der Waals surface area contributed by atoms with Crippen LogP contribution < -0.4 is 5.73 Å². The molecule has 0 unspecified atom stereocenters. The molecule has 80 valence electrons. The molecule has 0 aliphatic carbocycles. The molecule has 3 N–H and O–H groups in total. The summed E-state index contributed by atoms with van der Waals surface area (Å²) < 4.78 is 0. The van der Waals surface area contributed by atoms with Crippen LogP contribution in [0, 0.1) is 5.41 Å². The van der Waals surface area contributed by atoms with Crippen molar-refractivity contribution < 1.29 is 0 Å². The summed E-state index contributed by atoms with van der Waals surface area (Å²) in [4.78, 5) is 3.21. The number of hydrogen-bond donors (Lipinski definition) is 2. The van der Waals surface area contributed by atoms with Crippen LogP contribution in [0.2, 0.25) is 0 Å². The Morgan fingerprint density at radius 3 is 2.60 bits per heavy atom. The number of aromatic nitrogens is 1. The summed E-state index contributed by atoms with van der Waals surface area (Å²) in [5.74, 6) is 0.